The molecule has 2 aromatic heterocycles. The first-order chi connectivity index (χ1) is 8.24. The number of nitrogens with one attached hydrogen (secondary N) is 1. The van der Waals surface area contributed by atoms with E-state index in [0.29, 0.717) is 0 Å². The van der Waals surface area contributed by atoms with E-state index in [1.807, 2.05) is 36.7 Å². The van der Waals surface area contributed by atoms with Gasteiger partial charge in [-0.15, -0.1) is 0 Å². The first kappa shape index (κ1) is 9.90. The van der Waals surface area contributed by atoms with Gasteiger partial charge in [0.25, 0.3) is 0 Å². The normalized spacial score (nSPS) is 10.9. The van der Waals surface area contributed by atoms with Gasteiger partial charge < -0.3 is 10.7 Å². The minimum atomic E-state index is 0.772. The number of fused-ring (bicyclic) bond motifs is 1. The lowest BCUT2D eigenvalue weighted by atomic mass is 10.1. The average molecular weight is 223 g/mol. The molecule has 3 nitrogen and oxygen atoms in total. The molecule has 84 valence electrons. The maximum Gasteiger partial charge on any atom is 0.137 e. The predicted octanol–water partition coefficient (Wildman–Crippen LogP) is 3.12. The fourth-order valence-corrected chi connectivity index (χ4v) is 2.01. The summed E-state index contributed by atoms with van der Waals surface area (Å²) in [5, 5.41) is 1.16. The summed E-state index contributed by atoms with van der Waals surface area (Å²) in [7, 11) is 0. The van der Waals surface area contributed by atoms with Crippen molar-refractivity contribution in [2.24, 2.45) is 0 Å². The molecule has 3 aromatic rings. The highest BCUT2D eigenvalue weighted by atomic mass is 14.8. The van der Waals surface area contributed by atoms with Crippen molar-refractivity contribution in [2.45, 2.75) is 6.92 Å². The first-order valence-corrected chi connectivity index (χ1v) is 5.54. The Kier molecular flexibility index (Phi) is 2.11. The van der Waals surface area contributed by atoms with Gasteiger partial charge in [0.1, 0.15) is 5.65 Å². The Hall–Kier alpha value is -2.29. The van der Waals surface area contributed by atoms with E-state index in [1.54, 1.807) is 0 Å². The van der Waals surface area contributed by atoms with E-state index < -0.39 is 0 Å². The molecule has 3 heteroatoms. The van der Waals surface area contributed by atoms with Gasteiger partial charge in [0, 0.05) is 29.0 Å². The Morgan fingerprint density at radius 3 is 2.88 bits per heavy atom. The zero-order valence-corrected chi connectivity index (χ0v) is 9.57. The molecule has 1 aromatic carbocycles. The number of nitrogen functional groups attached to an aromatic ring is 1. The Balaban J connectivity index is 2.20. The van der Waals surface area contributed by atoms with Crippen molar-refractivity contribution < 1.29 is 0 Å². The van der Waals surface area contributed by atoms with Crippen LogP contribution in [-0.2, 0) is 0 Å². The molecule has 0 saturated carbocycles. The summed E-state index contributed by atoms with van der Waals surface area (Å²) in [5.41, 5.74) is 10.9. The van der Waals surface area contributed by atoms with E-state index in [2.05, 4.69) is 23.0 Å². The highest BCUT2D eigenvalue weighted by Crippen LogP contribution is 2.25. The van der Waals surface area contributed by atoms with Crippen molar-refractivity contribution in [2.75, 3.05) is 5.73 Å². The van der Waals surface area contributed by atoms with Crippen LogP contribution in [0.1, 0.15) is 5.56 Å². The van der Waals surface area contributed by atoms with Crippen LogP contribution in [0.5, 0.6) is 0 Å². The molecular formula is C14H13N3. The second-order valence-electron chi connectivity index (χ2n) is 4.22. The minimum absolute atomic E-state index is 0.772. The Morgan fingerprint density at radius 1 is 1.18 bits per heavy atom. The van der Waals surface area contributed by atoms with Crippen LogP contribution < -0.4 is 5.73 Å². The lowest BCUT2D eigenvalue weighted by Gasteiger charge is -2.03. The molecule has 0 radical (unpaired) electrons. The molecule has 3 rings (SSSR count). The van der Waals surface area contributed by atoms with Crippen LogP contribution in [0.2, 0.25) is 0 Å². The fraction of sp³-hybridized carbons (Fsp3) is 0.0714. The van der Waals surface area contributed by atoms with Crippen molar-refractivity contribution in [3.8, 4) is 11.1 Å². The number of benzene rings is 1. The largest absolute Gasteiger partial charge is 0.399 e. The van der Waals surface area contributed by atoms with E-state index in [-0.39, 0.29) is 0 Å². The Bertz CT molecular complexity index is 683. The lowest BCUT2D eigenvalue weighted by molar-refractivity contribution is 1.32. The van der Waals surface area contributed by atoms with Crippen molar-refractivity contribution in [1.82, 2.24) is 9.97 Å². The summed E-state index contributed by atoms with van der Waals surface area (Å²) in [4.78, 5) is 7.55. The third-order valence-corrected chi connectivity index (χ3v) is 2.96. The molecule has 17 heavy (non-hydrogen) atoms. The minimum Gasteiger partial charge on any atom is -0.399 e. The quantitative estimate of drug-likeness (QED) is 0.623. The Morgan fingerprint density at radius 2 is 2.06 bits per heavy atom. The highest BCUT2D eigenvalue weighted by Gasteiger charge is 2.04. The molecule has 0 spiro atoms. The summed E-state index contributed by atoms with van der Waals surface area (Å²) in [5.74, 6) is 0. The number of rotatable bonds is 1. The number of aromatic nitrogens is 2. The van der Waals surface area contributed by atoms with Crippen LogP contribution in [0, 0.1) is 6.92 Å². The maximum atomic E-state index is 5.79. The molecule has 0 aliphatic carbocycles. The van der Waals surface area contributed by atoms with Gasteiger partial charge in [-0.3, -0.25) is 0 Å². The van der Waals surface area contributed by atoms with E-state index in [9.17, 15) is 0 Å². The number of hydrogen-bond acceptors (Lipinski definition) is 2. The zero-order valence-electron chi connectivity index (χ0n) is 9.57. The van der Waals surface area contributed by atoms with Crippen LogP contribution in [0.3, 0.4) is 0 Å². The number of hydrogen-bond donors (Lipinski definition) is 2. The smallest absolute Gasteiger partial charge is 0.137 e. The first-order valence-electron chi connectivity index (χ1n) is 5.54. The molecule has 3 N–H and O–H groups in total. The molecule has 2 heterocycles. The van der Waals surface area contributed by atoms with Gasteiger partial charge >= 0.3 is 0 Å². The summed E-state index contributed by atoms with van der Waals surface area (Å²) >= 11 is 0. The number of nitrogens with two attached hydrogens (primary N) is 1. The van der Waals surface area contributed by atoms with Gasteiger partial charge in [0.2, 0.25) is 0 Å². The van der Waals surface area contributed by atoms with Crippen LogP contribution >= 0.6 is 0 Å². The van der Waals surface area contributed by atoms with E-state index in [4.69, 9.17) is 5.73 Å². The van der Waals surface area contributed by atoms with Crippen molar-refractivity contribution >= 4 is 16.7 Å². The van der Waals surface area contributed by atoms with Crippen molar-refractivity contribution in [1.29, 1.82) is 0 Å². The van der Waals surface area contributed by atoms with Crippen LogP contribution in [0.4, 0.5) is 5.69 Å². The van der Waals surface area contributed by atoms with Crippen molar-refractivity contribution in [3.05, 3.63) is 48.3 Å². The summed E-state index contributed by atoms with van der Waals surface area (Å²) < 4.78 is 0. The number of aromatic amines is 1. The molecule has 0 atom stereocenters. The zero-order chi connectivity index (χ0) is 11.8. The lowest BCUT2D eigenvalue weighted by Crippen LogP contribution is -1.86. The molecule has 0 fully saturated rings. The van der Waals surface area contributed by atoms with Gasteiger partial charge in [-0.2, -0.15) is 0 Å². The third-order valence-electron chi connectivity index (χ3n) is 2.96. The van der Waals surface area contributed by atoms with Gasteiger partial charge in [-0.25, -0.2) is 4.98 Å². The second kappa shape index (κ2) is 3.63. The predicted molar refractivity (Wildman–Crippen MR) is 70.7 cm³/mol. The molecule has 0 aliphatic heterocycles. The topological polar surface area (TPSA) is 54.7 Å². The number of pyridine rings is 1. The number of aryl methyl sites for hydroxylation is 1. The van der Waals surface area contributed by atoms with Crippen LogP contribution in [0.15, 0.2) is 42.7 Å². The van der Waals surface area contributed by atoms with E-state index in [1.165, 1.54) is 5.56 Å². The fourth-order valence-electron chi connectivity index (χ4n) is 2.01. The molecule has 0 aliphatic rings. The summed E-state index contributed by atoms with van der Waals surface area (Å²) in [6.45, 7) is 2.07. The maximum absolute atomic E-state index is 5.79. The van der Waals surface area contributed by atoms with Crippen LogP contribution in [-0.4, -0.2) is 9.97 Å². The summed E-state index contributed by atoms with van der Waals surface area (Å²) in [6, 6.07) is 9.99. The average Bonchev–Trinajstić information content (AvgIpc) is 2.71. The molecule has 0 unspecified atom stereocenters. The monoisotopic (exact) mass is 223 g/mol. The molecule has 0 amide bonds. The van der Waals surface area contributed by atoms with E-state index >= 15 is 0 Å². The highest BCUT2D eigenvalue weighted by molar-refractivity contribution is 5.84. The molecule has 0 bridgehead atoms. The van der Waals surface area contributed by atoms with Crippen molar-refractivity contribution in [3.63, 3.8) is 0 Å². The summed E-state index contributed by atoms with van der Waals surface area (Å²) in [6.07, 6.45) is 3.84. The molecule has 0 saturated heterocycles. The molecular weight excluding hydrogens is 210 g/mol. The van der Waals surface area contributed by atoms with Gasteiger partial charge in [0.15, 0.2) is 0 Å². The van der Waals surface area contributed by atoms with Gasteiger partial charge in [-0.05, 0) is 36.2 Å². The number of nitrogens with zero attached hydrogens (tertiary/aromatic N) is 1. The van der Waals surface area contributed by atoms with E-state index in [0.717, 1.165) is 27.8 Å². The van der Waals surface area contributed by atoms with Crippen LogP contribution in [0.25, 0.3) is 22.2 Å². The van der Waals surface area contributed by atoms with Gasteiger partial charge in [0.05, 0.1) is 0 Å². The Labute approximate surface area is 99.3 Å². The number of anilines is 1. The second-order valence-corrected chi connectivity index (χ2v) is 4.22. The standard InChI is InChI=1S/C14H13N3/c1-9-7-16-14-13(9)6-11(8-17-14)10-3-2-4-12(15)5-10/h2-8H,15H2,1H3,(H,16,17). The third kappa shape index (κ3) is 1.65. The van der Waals surface area contributed by atoms with Gasteiger partial charge in [-0.1, -0.05) is 12.1 Å². The number of H-pyrrole nitrogens is 1. The SMILES string of the molecule is Cc1c[nH]c2ncc(-c3cccc(N)c3)cc12.